The number of amides is 1. The Hall–Kier alpha value is -3.15. The van der Waals surface area contributed by atoms with E-state index in [4.69, 9.17) is 25.8 Å². The van der Waals surface area contributed by atoms with Crippen LogP contribution in [0.25, 0.3) is 22.0 Å². The quantitative estimate of drug-likeness (QED) is 0.221. The Morgan fingerprint density at radius 3 is 2.49 bits per heavy atom. The SMILES string of the molecule is CCOC(=O)C(C(=O)C1CCCN1C(=O)OC(C)(C)C)n1cc2c(Cl)cc(-c3ccc(N4CCOCC4)cc3)c(Br)c2n1. The maximum atomic E-state index is 14.0. The Morgan fingerprint density at radius 1 is 1.14 bits per heavy atom. The lowest BCUT2D eigenvalue weighted by Gasteiger charge is -2.29. The number of morpholine rings is 1. The molecule has 0 saturated carbocycles. The van der Waals surface area contributed by atoms with Crippen molar-refractivity contribution in [2.24, 2.45) is 0 Å². The van der Waals surface area contributed by atoms with Gasteiger partial charge in [-0.05, 0) is 85.8 Å². The maximum Gasteiger partial charge on any atom is 0.410 e. The number of ether oxygens (including phenoxy) is 3. The minimum Gasteiger partial charge on any atom is -0.464 e. The van der Waals surface area contributed by atoms with Gasteiger partial charge in [0.05, 0.1) is 35.4 Å². The molecule has 3 aromatic rings. The van der Waals surface area contributed by atoms with Gasteiger partial charge in [0.1, 0.15) is 11.1 Å². The number of esters is 1. The van der Waals surface area contributed by atoms with Crippen molar-refractivity contribution in [3.05, 3.63) is 46.0 Å². The lowest BCUT2D eigenvalue weighted by Crippen LogP contribution is -2.47. The van der Waals surface area contributed by atoms with Crippen LogP contribution in [0, 0.1) is 0 Å². The normalized spacial score (nSPS) is 18.1. The van der Waals surface area contributed by atoms with Gasteiger partial charge in [-0.25, -0.2) is 14.3 Å². The van der Waals surface area contributed by atoms with E-state index in [2.05, 4.69) is 38.1 Å². The molecule has 2 aliphatic heterocycles. The zero-order valence-electron chi connectivity index (χ0n) is 24.8. The zero-order valence-corrected chi connectivity index (χ0v) is 27.1. The summed E-state index contributed by atoms with van der Waals surface area (Å²) in [4.78, 5) is 43.8. The number of halogens is 2. The first-order valence-corrected chi connectivity index (χ1v) is 15.7. The van der Waals surface area contributed by atoms with E-state index in [1.807, 2.05) is 18.2 Å². The summed E-state index contributed by atoms with van der Waals surface area (Å²) >= 11 is 10.5. The lowest BCUT2D eigenvalue weighted by atomic mass is 10.0. The summed E-state index contributed by atoms with van der Waals surface area (Å²) in [6, 6.07) is 7.78. The van der Waals surface area contributed by atoms with Gasteiger partial charge in [-0.15, -0.1) is 0 Å². The van der Waals surface area contributed by atoms with Gasteiger partial charge in [-0.1, -0.05) is 23.7 Å². The minimum absolute atomic E-state index is 0.0822. The Balaban J connectivity index is 1.48. The zero-order chi connectivity index (χ0) is 30.9. The lowest BCUT2D eigenvalue weighted by molar-refractivity contribution is -0.152. The average molecular weight is 676 g/mol. The highest BCUT2D eigenvalue weighted by Crippen LogP contribution is 2.39. The molecule has 10 nitrogen and oxygen atoms in total. The molecule has 1 amide bonds. The third-order valence-electron chi connectivity index (χ3n) is 7.51. The molecule has 12 heteroatoms. The molecule has 43 heavy (non-hydrogen) atoms. The van der Waals surface area contributed by atoms with Crippen molar-refractivity contribution in [2.75, 3.05) is 44.4 Å². The van der Waals surface area contributed by atoms with Crippen LogP contribution < -0.4 is 4.90 Å². The number of rotatable bonds is 7. The van der Waals surface area contributed by atoms with E-state index in [1.54, 1.807) is 33.9 Å². The molecular weight excluding hydrogens is 640 g/mol. The van der Waals surface area contributed by atoms with Crippen molar-refractivity contribution in [1.29, 1.82) is 0 Å². The van der Waals surface area contributed by atoms with E-state index in [-0.39, 0.29) is 6.61 Å². The number of hydrogen-bond donors (Lipinski definition) is 0. The number of likely N-dealkylation sites (tertiary alicyclic amines) is 1. The molecule has 230 valence electrons. The van der Waals surface area contributed by atoms with Gasteiger partial charge >= 0.3 is 12.1 Å². The topological polar surface area (TPSA) is 103 Å². The second-order valence-corrected chi connectivity index (χ2v) is 12.8. The number of carbonyl (C=O) groups excluding carboxylic acids is 3. The summed E-state index contributed by atoms with van der Waals surface area (Å²) in [5.41, 5.74) is 2.64. The maximum absolute atomic E-state index is 14.0. The summed E-state index contributed by atoms with van der Waals surface area (Å²) in [5, 5.41) is 5.67. The molecule has 2 aromatic carbocycles. The molecule has 0 bridgehead atoms. The predicted molar refractivity (Wildman–Crippen MR) is 168 cm³/mol. The van der Waals surface area contributed by atoms with Gasteiger partial charge in [0.15, 0.2) is 5.78 Å². The Kier molecular flexibility index (Phi) is 9.34. The van der Waals surface area contributed by atoms with E-state index < -0.39 is 35.5 Å². The van der Waals surface area contributed by atoms with Crippen molar-refractivity contribution in [2.45, 2.75) is 58.2 Å². The smallest absolute Gasteiger partial charge is 0.410 e. The van der Waals surface area contributed by atoms with Crippen LogP contribution in [0.2, 0.25) is 5.02 Å². The molecule has 2 unspecified atom stereocenters. The third-order valence-corrected chi connectivity index (χ3v) is 8.63. The molecule has 3 heterocycles. The monoisotopic (exact) mass is 674 g/mol. The number of hydrogen-bond acceptors (Lipinski definition) is 8. The molecular formula is C31H36BrClN4O6. The van der Waals surface area contributed by atoms with E-state index in [0.29, 0.717) is 53.0 Å². The van der Waals surface area contributed by atoms with Crippen LogP contribution in [0.15, 0.2) is 41.0 Å². The van der Waals surface area contributed by atoms with Gasteiger partial charge in [0.25, 0.3) is 0 Å². The molecule has 1 aromatic heterocycles. The Bertz CT molecular complexity index is 1510. The highest BCUT2D eigenvalue weighted by atomic mass is 79.9. The molecule has 0 aliphatic carbocycles. The van der Waals surface area contributed by atoms with Crippen LogP contribution in [0.5, 0.6) is 0 Å². The Morgan fingerprint density at radius 2 is 1.84 bits per heavy atom. The number of ketones is 1. The van der Waals surface area contributed by atoms with Crippen molar-refractivity contribution < 1.29 is 28.6 Å². The van der Waals surface area contributed by atoms with Crippen molar-refractivity contribution >= 4 is 62.0 Å². The number of benzene rings is 2. The first-order chi connectivity index (χ1) is 20.5. The van der Waals surface area contributed by atoms with Crippen molar-refractivity contribution in [3.8, 4) is 11.1 Å². The van der Waals surface area contributed by atoms with Crippen molar-refractivity contribution in [1.82, 2.24) is 14.7 Å². The summed E-state index contributed by atoms with van der Waals surface area (Å²) < 4.78 is 18.3. The van der Waals surface area contributed by atoms with Gasteiger partial charge in [-0.3, -0.25) is 9.69 Å². The van der Waals surface area contributed by atoms with Gasteiger partial charge in [0, 0.05) is 36.9 Å². The number of aromatic nitrogens is 2. The van der Waals surface area contributed by atoms with Crippen LogP contribution >= 0.6 is 27.5 Å². The highest BCUT2D eigenvalue weighted by Gasteiger charge is 2.43. The minimum atomic E-state index is -1.40. The van der Waals surface area contributed by atoms with Crippen LogP contribution in [0.1, 0.15) is 46.6 Å². The largest absolute Gasteiger partial charge is 0.464 e. The molecule has 2 aliphatic rings. The molecule has 0 radical (unpaired) electrons. The molecule has 2 fully saturated rings. The average Bonchev–Trinajstić information content (AvgIpc) is 3.64. The first kappa shape index (κ1) is 31.3. The van der Waals surface area contributed by atoms with Crippen LogP contribution in [0.4, 0.5) is 10.5 Å². The fraction of sp³-hybridized carbons (Fsp3) is 0.484. The van der Waals surface area contributed by atoms with E-state index in [0.717, 1.165) is 29.9 Å². The highest BCUT2D eigenvalue weighted by molar-refractivity contribution is 9.10. The second-order valence-electron chi connectivity index (χ2n) is 11.6. The number of nitrogens with zero attached hydrogens (tertiary/aromatic N) is 4. The van der Waals surface area contributed by atoms with Gasteiger partial charge in [0.2, 0.25) is 6.04 Å². The fourth-order valence-electron chi connectivity index (χ4n) is 5.50. The van der Waals surface area contributed by atoms with E-state index in [9.17, 15) is 14.4 Å². The van der Waals surface area contributed by atoms with Gasteiger partial charge in [-0.2, -0.15) is 5.10 Å². The third kappa shape index (κ3) is 6.68. The summed E-state index contributed by atoms with van der Waals surface area (Å²) in [7, 11) is 0. The van der Waals surface area contributed by atoms with Crippen LogP contribution in [-0.2, 0) is 23.8 Å². The number of carbonyl (C=O) groups is 3. The second kappa shape index (κ2) is 12.8. The number of anilines is 1. The van der Waals surface area contributed by atoms with Crippen LogP contribution in [-0.4, -0.2) is 83.6 Å². The molecule has 2 saturated heterocycles. The molecule has 2 atom stereocenters. The standard InChI is InChI=1S/C31H36BrClN4O6/c1-5-42-29(39)27(28(38)24-7-6-12-36(24)30(40)43-31(2,3)4)37-18-22-23(33)17-21(25(32)26(22)34-37)19-8-10-20(11-9-19)35-13-15-41-16-14-35/h8-11,17-18,24,27H,5-7,12-16H2,1-4H3. The van der Waals surface area contributed by atoms with Crippen LogP contribution in [0.3, 0.4) is 0 Å². The summed E-state index contributed by atoms with van der Waals surface area (Å²) in [5.74, 6) is -1.23. The Labute approximate surface area is 264 Å². The fourth-order valence-corrected chi connectivity index (χ4v) is 6.38. The molecule has 5 rings (SSSR count). The van der Waals surface area contributed by atoms with Crippen molar-refractivity contribution in [3.63, 3.8) is 0 Å². The molecule has 0 N–H and O–H groups in total. The number of fused-ring (bicyclic) bond motifs is 1. The summed E-state index contributed by atoms with van der Waals surface area (Å²) in [6.45, 7) is 10.5. The van der Waals surface area contributed by atoms with E-state index in [1.165, 1.54) is 9.58 Å². The predicted octanol–water partition coefficient (Wildman–Crippen LogP) is 6.03. The van der Waals surface area contributed by atoms with Gasteiger partial charge < -0.3 is 19.1 Å². The first-order valence-electron chi connectivity index (χ1n) is 14.5. The summed E-state index contributed by atoms with van der Waals surface area (Å²) in [6.07, 6.45) is 2.01. The number of Topliss-reactive ketones (excluding diaryl/α,β-unsaturated/α-hetero) is 1. The van der Waals surface area contributed by atoms with E-state index >= 15 is 0 Å². The molecule has 0 spiro atoms.